The molecule has 0 spiro atoms. The van der Waals surface area contributed by atoms with Crippen LogP contribution in [-0.2, 0) is 17.6 Å². The number of benzene rings is 1. The fraction of sp³-hybridized carbons (Fsp3) is 0.476. The molecule has 2 aromatic rings. The maximum Gasteiger partial charge on any atom is 0.251 e. The Kier molecular flexibility index (Phi) is 4.83. The molecule has 4 rings (SSSR count). The van der Waals surface area contributed by atoms with E-state index in [4.69, 9.17) is 9.47 Å². The molecule has 7 heteroatoms. The fourth-order valence-corrected chi connectivity index (χ4v) is 4.11. The van der Waals surface area contributed by atoms with Gasteiger partial charge >= 0.3 is 0 Å². The summed E-state index contributed by atoms with van der Waals surface area (Å²) in [5.74, 6) is 2.35. The minimum Gasteiger partial charge on any atom is -0.454 e. The molecular formula is C21H25N3O4. The maximum absolute atomic E-state index is 12.4. The number of hydrogen-bond donors (Lipinski definition) is 1. The van der Waals surface area contributed by atoms with Crippen molar-refractivity contribution in [2.24, 2.45) is 5.41 Å². The molecule has 1 unspecified atom stereocenters. The Bertz CT molecular complexity index is 955. The normalized spacial score (nSPS) is 21.2. The smallest absolute Gasteiger partial charge is 0.251 e. The molecule has 7 nitrogen and oxygen atoms in total. The van der Waals surface area contributed by atoms with E-state index in [1.54, 1.807) is 6.92 Å². The molecule has 1 aromatic heterocycles. The summed E-state index contributed by atoms with van der Waals surface area (Å²) in [5, 5.41) is 0. The number of ether oxygens (including phenoxy) is 2. The van der Waals surface area contributed by atoms with Crippen molar-refractivity contribution < 1.29 is 14.3 Å². The van der Waals surface area contributed by atoms with Gasteiger partial charge in [0, 0.05) is 37.7 Å². The van der Waals surface area contributed by atoms with Crippen LogP contribution in [0.15, 0.2) is 29.1 Å². The molecule has 0 aliphatic carbocycles. The second-order valence-corrected chi connectivity index (χ2v) is 8.06. The van der Waals surface area contributed by atoms with Gasteiger partial charge in [-0.1, -0.05) is 13.0 Å². The molecule has 0 bridgehead atoms. The van der Waals surface area contributed by atoms with Gasteiger partial charge < -0.3 is 19.4 Å². The lowest BCUT2D eigenvalue weighted by atomic mass is 9.76. The zero-order valence-electron chi connectivity index (χ0n) is 16.3. The summed E-state index contributed by atoms with van der Waals surface area (Å²) in [6.45, 7) is 5.54. The summed E-state index contributed by atoms with van der Waals surface area (Å²) >= 11 is 0. The van der Waals surface area contributed by atoms with E-state index < -0.39 is 0 Å². The largest absolute Gasteiger partial charge is 0.454 e. The minimum atomic E-state index is -0.153. The lowest BCUT2D eigenvalue weighted by molar-refractivity contribution is -0.137. The Labute approximate surface area is 163 Å². The number of aromatic nitrogens is 2. The number of fused-ring (bicyclic) bond motifs is 1. The van der Waals surface area contributed by atoms with Crippen LogP contribution in [0.5, 0.6) is 11.5 Å². The van der Waals surface area contributed by atoms with Crippen molar-refractivity contribution in [1.82, 2.24) is 14.9 Å². The average Bonchev–Trinajstić information content (AvgIpc) is 3.10. The van der Waals surface area contributed by atoms with Crippen LogP contribution >= 0.6 is 0 Å². The Morgan fingerprint density at radius 1 is 1.21 bits per heavy atom. The van der Waals surface area contributed by atoms with Crippen LogP contribution in [0.4, 0.5) is 0 Å². The van der Waals surface area contributed by atoms with Gasteiger partial charge in [-0.15, -0.1) is 0 Å². The predicted octanol–water partition coefficient (Wildman–Crippen LogP) is 2.22. The van der Waals surface area contributed by atoms with E-state index in [2.05, 4.69) is 23.0 Å². The van der Waals surface area contributed by atoms with Gasteiger partial charge in [-0.25, -0.2) is 4.98 Å². The molecule has 0 radical (unpaired) electrons. The van der Waals surface area contributed by atoms with Crippen molar-refractivity contribution in [2.45, 2.75) is 39.5 Å². The highest BCUT2D eigenvalue weighted by molar-refractivity contribution is 5.77. The van der Waals surface area contributed by atoms with Crippen molar-refractivity contribution in [3.63, 3.8) is 0 Å². The van der Waals surface area contributed by atoms with E-state index in [9.17, 15) is 9.59 Å². The molecular weight excluding hydrogens is 358 g/mol. The van der Waals surface area contributed by atoms with Crippen LogP contribution in [-0.4, -0.2) is 40.7 Å². The number of carbonyl (C=O) groups is 1. The second kappa shape index (κ2) is 7.30. The van der Waals surface area contributed by atoms with Crippen molar-refractivity contribution in [3.05, 3.63) is 51.7 Å². The van der Waals surface area contributed by atoms with Gasteiger partial charge in [0.1, 0.15) is 5.82 Å². The first-order valence-electron chi connectivity index (χ1n) is 9.63. The number of likely N-dealkylation sites (tertiary alicyclic amines) is 1. The number of carbonyl (C=O) groups excluding carboxylic acids is 1. The number of aryl methyl sites for hydroxylation is 1. The van der Waals surface area contributed by atoms with E-state index in [0.717, 1.165) is 30.0 Å². The standard InChI is InChI=1S/C21H25N3O4/c1-14-22-16(10-19(25)23-14)6-8-24-12-21(2,7-5-20(24)26)11-15-3-4-17-18(9-15)28-13-27-17/h3-4,9-10H,5-8,11-13H2,1-2H3,(H,22,23,25). The Morgan fingerprint density at radius 2 is 2.04 bits per heavy atom. The van der Waals surface area contributed by atoms with Crippen LogP contribution in [0.1, 0.15) is 36.8 Å². The number of hydrogen-bond acceptors (Lipinski definition) is 5. The third kappa shape index (κ3) is 4.03. The fourth-order valence-electron chi connectivity index (χ4n) is 4.11. The number of nitrogens with one attached hydrogen (secondary N) is 1. The Morgan fingerprint density at radius 3 is 2.86 bits per heavy atom. The molecule has 0 saturated carbocycles. The highest BCUT2D eigenvalue weighted by atomic mass is 16.7. The zero-order valence-corrected chi connectivity index (χ0v) is 16.3. The molecule has 1 saturated heterocycles. The third-order valence-corrected chi connectivity index (χ3v) is 5.49. The van der Waals surface area contributed by atoms with Crippen LogP contribution < -0.4 is 15.0 Å². The van der Waals surface area contributed by atoms with Gasteiger partial charge in [0.15, 0.2) is 11.5 Å². The number of amides is 1. The second-order valence-electron chi connectivity index (χ2n) is 8.06. The number of nitrogens with zero attached hydrogens (tertiary/aromatic N) is 2. The van der Waals surface area contributed by atoms with Crippen molar-refractivity contribution in [3.8, 4) is 11.5 Å². The molecule has 1 N–H and O–H groups in total. The molecule has 148 valence electrons. The molecule has 2 aliphatic rings. The van der Waals surface area contributed by atoms with E-state index in [1.807, 2.05) is 17.0 Å². The number of piperidine rings is 1. The predicted molar refractivity (Wildman–Crippen MR) is 103 cm³/mol. The third-order valence-electron chi connectivity index (χ3n) is 5.49. The van der Waals surface area contributed by atoms with Crippen molar-refractivity contribution in [1.29, 1.82) is 0 Å². The zero-order chi connectivity index (χ0) is 19.7. The number of H-pyrrole nitrogens is 1. The summed E-state index contributed by atoms with van der Waals surface area (Å²) in [4.78, 5) is 33.0. The molecule has 2 aliphatic heterocycles. The Hall–Kier alpha value is -2.83. The van der Waals surface area contributed by atoms with Gasteiger partial charge in [0.25, 0.3) is 5.56 Å². The SMILES string of the molecule is Cc1nc(CCN2CC(C)(Cc3ccc4c(c3)OCO4)CCC2=O)cc(=O)[nH]1. The molecule has 1 fully saturated rings. The highest BCUT2D eigenvalue weighted by Crippen LogP contribution is 2.37. The number of rotatable bonds is 5. The molecule has 1 aromatic carbocycles. The van der Waals surface area contributed by atoms with E-state index in [-0.39, 0.29) is 23.7 Å². The highest BCUT2D eigenvalue weighted by Gasteiger charge is 2.35. The van der Waals surface area contributed by atoms with Gasteiger partial charge in [-0.2, -0.15) is 0 Å². The molecule has 1 atom stereocenters. The van der Waals surface area contributed by atoms with Gasteiger partial charge in [0.2, 0.25) is 12.7 Å². The molecule has 28 heavy (non-hydrogen) atoms. The first-order valence-corrected chi connectivity index (χ1v) is 9.63. The van der Waals surface area contributed by atoms with Crippen molar-refractivity contribution in [2.75, 3.05) is 19.9 Å². The van der Waals surface area contributed by atoms with Crippen LogP contribution in [0.2, 0.25) is 0 Å². The quantitative estimate of drug-likeness (QED) is 0.856. The average molecular weight is 383 g/mol. The molecule has 3 heterocycles. The maximum atomic E-state index is 12.4. The summed E-state index contributed by atoms with van der Waals surface area (Å²) in [5.41, 5.74) is 1.75. The molecule has 1 amide bonds. The van der Waals surface area contributed by atoms with Crippen LogP contribution in [0, 0.1) is 12.3 Å². The van der Waals surface area contributed by atoms with E-state index in [1.165, 1.54) is 11.6 Å². The topological polar surface area (TPSA) is 84.5 Å². The van der Waals surface area contributed by atoms with E-state index in [0.29, 0.717) is 31.8 Å². The van der Waals surface area contributed by atoms with Crippen molar-refractivity contribution >= 4 is 5.91 Å². The lowest BCUT2D eigenvalue weighted by Gasteiger charge is -2.40. The summed E-state index contributed by atoms with van der Waals surface area (Å²) in [6.07, 6.45) is 2.86. The lowest BCUT2D eigenvalue weighted by Crippen LogP contribution is -2.47. The summed E-state index contributed by atoms with van der Waals surface area (Å²) < 4.78 is 10.9. The monoisotopic (exact) mass is 383 g/mol. The number of aromatic amines is 1. The minimum absolute atomic E-state index is 0.000880. The first-order chi connectivity index (χ1) is 13.4. The van der Waals surface area contributed by atoms with Gasteiger partial charge in [0.05, 0.1) is 0 Å². The first kappa shape index (κ1) is 18.5. The summed E-state index contributed by atoms with van der Waals surface area (Å²) in [6, 6.07) is 7.57. The summed E-state index contributed by atoms with van der Waals surface area (Å²) in [7, 11) is 0. The van der Waals surface area contributed by atoms with Gasteiger partial charge in [-0.3, -0.25) is 9.59 Å². The van der Waals surface area contributed by atoms with Gasteiger partial charge in [-0.05, 0) is 42.9 Å². The van der Waals surface area contributed by atoms with Crippen LogP contribution in [0.25, 0.3) is 0 Å². The Balaban J connectivity index is 1.43. The van der Waals surface area contributed by atoms with Crippen LogP contribution in [0.3, 0.4) is 0 Å². The van der Waals surface area contributed by atoms with E-state index >= 15 is 0 Å².